The van der Waals surface area contributed by atoms with E-state index in [0.29, 0.717) is 6.61 Å². The molecule has 0 aromatic heterocycles. The lowest BCUT2D eigenvalue weighted by Crippen LogP contribution is -2.36. The minimum atomic E-state index is -3.26. The largest absolute Gasteiger partial charge is 0.390 e. The van der Waals surface area contributed by atoms with Crippen LogP contribution in [0.2, 0.25) is 0 Å². The van der Waals surface area contributed by atoms with E-state index in [1.807, 2.05) is 36.4 Å². The molecular formula is C26H36F2N6O3. The Morgan fingerprint density at radius 1 is 0.865 bits per heavy atom. The van der Waals surface area contributed by atoms with Gasteiger partial charge in [0.2, 0.25) is 0 Å². The zero-order valence-electron chi connectivity index (χ0n) is 19.1. The second-order valence-electron chi connectivity index (χ2n) is 7.08. The summed E-state index contributed by atoms with van der Waals surface area (Å²) in [4.78, 5) is 4.90. The van der Waals surface area contributed by atoms with Gasteiger partial charge in [0.25, 0.3) is 5.92 Å². The van der Waals surface area contributed by atoms with Crippen molar-refractivity contribution in [3.63, 3.8) is 0 Å². The first-order valence-corrected chi connectivity index (χ1v) is 10.5. The van der Waals surface area contributed by atoms with Crippen LogP contribution in [0.15, 0.2) is 96.2 Å². The van der Waals surface area contributed by atoms with Crippen LogP contribution in [-0.2, 0) is 22.7 Å². The van der Waals surface area contributed by atoms with Gasteiger partial charge in [0.1, 0.15) is 12.2 Å². The van der Waals surface area contributed by atoms with Crippen LogP contribution >= 0.6 is 0 Å². The van der Waals surface area contributed by atoms with Gasteiger partial charge in [-0.2, -0.15) is 0 Å². The molecular weight excluding hydrogens is 482 g/mol. The Bertz CT molecular complexity index is 982. The molecule has 0 heterocycles. The van der Waals surface area contributed by atoms with Gasteiger partial charge in [-0.05, 0) is 22.2 Å². The van der Waals surface area contributed by atoms with E-state index in [1.54, 1.807) is 24.3 Å². The van der Waals surface area contributed by atoms with Crippen LogP contribution in [0.5, 0.6) is 0 Å². The molecule has 1 N–H and O–H groups in total. The lowest BCUT2D eigenvalue weighted by Gasteiger charge is -2.22. The fraction of sp³-hybridized carbons (Fsp3) is 0.385. The van der Waals surface area contributed by atoms with E-state index in [1.165, 1.54) is 6.08 Å². The molecule has 11 heteroatoms. The topological polar surface area (TPSA) is 136 Å². The maximum atomic E-state index is 13.5. The molecule has 0 bridgehead atoms. The highest BCUT2D eigenvalue weighted by Gasteiger charge is 2.37. The van der Waals surface area contributed by atoms with Gasteiger partial charge in [0.15, 0.2) is 0 Å². The molecule has 0 saturated heterocycles. The van der Waals surface area contributed by atoms with Gasteiger partial charge in [-0.3, -0.25) is 0 Å². The highest BCUT2D eigenvalue weighted by molar-refractivity contribution is 5.14. The monoisotopic (exact) mass is 518 g/mol. The fourth-order valence-corrected chi connectivity index (χ4v) is 2.67. The van der Waals surface area contributed by atoms with Gasteiger partial charge in [0, 0.05) is 9.82 Å². The van der Waals surface area contributed by atoms with Crippen molar-refractivity contribution in [2.75, 3.05) is 13.1 Å². The van der Waals surface area contributed by atoms with E-state index >= 15 is 0 Å². The molecule has 202 valence electrons. The summed E-state index contributed by atoms with van der Waals surface area (Å²) < 4.78 is 37.6. The molecule has 0 aliphatic heterocycles. The first kappa shape index (κ1) is 35.4. The van der Waals surface area contributed by atoms with Crippen LogP contribution in [0.4, 0.5) is 8.78 Å². The predicted octanol–water partition coefficient (Wildman–Crippen LogP) is 7.40. The average Bonchev–Trinajstić information content (AvgIpc) is 2.88. The number of aliphatic hydroxyl groups is 1. The molecule has 2 aromatic rings. The van der Waals surface area contributed by atoms with E-state index in [0.717, 1.165) is 17.2 Å². The molecule has 3 atom stereocenters. The van der Waals surface area contributed by atoms with E-state index in [-0.39, 0.29) is 28.0 Å². The summed E-state index contributed by atoms with van der Waals surface area (Å²) in [7, 11) is 0. The molecule has 0 saturated carbocycles. The zero-order chi connectivity index (χ0) is 25.9. The molecule has 0 aliphatic carbocycles. The summed E-state index contributed by atoms with van der Waals surface area (Å²) in [6.45, 7) is 6.34. The number of halogens is 2. The normalized spacial score (nSPS) is 12.3. The van der Waals surface area contributed by atoms with E-state index in [9.17, 15) is 13.9 Å². The highest BCUT2D eigenvalue weighted by Crippen LogP contribution is 2.24. The number of alkyl halides is 2. The first-order chi connectivity index (χ1) is 16.9. The highest BCUT2D eigenvalue weighted by atomic mass is 19.3. The number of nitrogens with zero attached hydrogens (tertiary/aromatic N) is 6. The summed E-state index contributed by atoms with van der Waals surface area (Å²) in [5, 5.41) is 15.8. The maximum Gasteiger partial charge on any atom is 0.282 e. The molecule has 0 aliphatic rings. The van der Waals surface area contributed by atoms with Gasteiger partial charge in [0.05, 0.1) is 32.4 Å². The molecule has 2 aromatic carbocycles. The van der Waals surface area contributed by atoms with Crippen molar-refractivity contribution < 1.29 is 23.4 Å². The molecule has 0 unspecified atom stereocenters. The number of hydrogen-bond acceptors (Lipinski definition) is 5. The molecule has 2 rings (SSSR count). The lowest BCUT2D eigenvalue weighted by atomic mass is 10.2. The molecule has 0 amide bonds. The molecule has 0 radical (unpaired) electrons. The summed E-state index contributed by atoms with van der Waals surface area (Å²) >= 11 is 0. The summed E-state index contributed by atoms with van der Waals surface area (Å²) in [6, 6.07) is 18.6. The fourth-order valence-electron chi connectivity index (χ4n) is 2.67. The van der Waals surface area contributed by atoms with Gasteiger partial charge in [-0.25, -0.2) is 8.78 Å². The van der Waals surface area contributed by atoms with Crippen LogP contribution in [0.25, 0.3) is 20.9 Å². The van der Waals surface area contributed by atoms with E-state index < -0.39 is 30.8 Å². The number of ether oxygens (including phenoxy) is 2. The average molecular weight is 519 g/mol. The third-order valence-electron chi connectivity index (χ3n) is 4.48. The van der Waals surface area contributed by atoms with Crippen molar-refractivity contribution in [1.82, 2.24) is 0 Å². The van der Waals surface area contributed by atoms with Gasteiger partial charge >= 0.3 is 0 Å². The van der Waals surface area contributed by atoms with E-state index in [2.05, 4.69) is 33.2 Å². The number of benzene rings is 2. The predicted molar refractivity (Wildman–Crippen MR) is 143 cm³/mol. The van der Waals surface area contributed by atoms with Crippen LogP contribution in [0, 0.1) is 0 Å². The van der Waals surface area contributed by atoms with Crippen molar-refractivity contribution in [1.29, 1.82) is 0 Å². The number of azide groups is 2. The van der Waals surface area contributed by atoms with Crippen LogP contribution in [0.1, 0.15) is 26.0 Å². The molecule has 0 spiro atoms. The lowest BCUT2D eigenvalue weighted by molar-refractivity contribution is -0.113. The Hall–Kier alpha value is -3.72. The maximum absolute atomic E-state index is 13.5. The number of hydrogen-bond donors (Lipinski definition) is 1. The zero-order valence-corrected chi connectivity index (χ0v) is 19.1. The van der Waals surface area contributed by atoms with Gasteiger partial charge in [-0.1, -0.05) is 97.9 Å². The third-order valence-corrected chi connectivity index (χ3v) is 4.48. The quantitative estimate of drug-likeness (QED) is 0.121. The molecule has 0 fully saturated rings. The molecule has 9 nitrogen and oxygen atoms in total. The summed E-state index contributed by atoms with van der Waals surface area (Å²) in [5.41, 5.74) is 18.0. The van der Waals surface area contributed by atoms with Crippen molar-refractivity contribution in [2.24, 2.45) is 10.2 Å². The SMILES string of the molecule is C.C.C=C[C@@H](OCc1ccccc1)C(F)(F)CN=[N+]=[N-].C=C[C@@H](OCc1ccccc1)[C@@H](O)CN=[N+]=[N-]. The first-order valence-electron chi connectivity index (χ1n) is 10.5. The minimum Gasteiger partial charge on any atom is -0.390 e. The minimum absolute atomic E-state index is 0. The van der Waals surface area contributed by atoms with Crippen LogP contribution in [-0.4, -0.2) is 42.4 Å². The Morgan fingerprint density at radius 2 is 1.35 bits per heavy atom. The Labute approximate surface area is 217 Å². The Balaban J connectivity index is 0. The summed E-state index contributed by atoms with van der Waals surface area (Å²) in [6.07, 6.45) is -0.382. The summed E-state index contributed by atoms with van der Waals surface area (Å²) in [5.74, 6) is -3.26. The Kier molecular flexibility index (Phi) is 19.6. The van der Waals surface area contributed by atoms with E-state index in [4.69, 9.17) is 20.5 Å². The molecule has 37 heavy (non-hydrogen) atoms. The van der Waals surface area contributed by atoms with Crippen molar-refractivity contribution in [3.8, 4) is 0 Å². The third kappa shape index (κ3) is 14.4. The Morgan fingerprint density at radius 3 is 1.78 bits per heavy atom. The van der Waals surface area contributed by atoms with Crippen molar-refractivity contribution in [2.45, 2.75) is 52.3 Å². The van der Waals surface area contributed by atoms with Crippen molar-refractivity contribution in [3.05, 3.63) is 118 Å². The van der Waals surface area contributed by atoms with Crippen LogP contribution in [0.3, 0.4) is 0 Å². The van der Waals surface area contributed by atoms with Crippen molar-refractivity contribution >= 4 is 0 Å². The second-order valence-corrected chi connectivity index (χ2v) is 7.08. The smallest absolute Gasteiger partial charge is 0.282 e. The van der Waals surface area contributed by atoms with Crippen LogP contribution < -0.4 is 0 Å². The standard InChI is InChI=1S/C12H13F2N3O.C12H15N3O2.2CH4/c1-2-11(12(13,14)9-16-17-15)18-8-10-6-4-3-5-7-10;1-2-12(11(16)8-14-15-13)17-9-10-6-4-3-5-7-10;;/h2-7,11H,1,8-9H2;2-7,11-12,16H,1,8-9H2;2*1H4/t11-;11-,12+;;/m10../s1. The number of rotatable bonds is 14. The number of aliphatic hydroxyl groups excluding tert-OH is 1. The van der Waals surface area contributed by atoms with Gasteiger partial charge < -0.3 is 14.6 Å². The second kappa shape index (κ2) is 20.5. The van der Waals surface area contributed by atoms with Gasteiger partial charge in [-0.15, -0.1) is 13.2 Å².